The normalized spacial score (nSPS) is 22.4. The number of urea groups is 2. The topological polar surface area (TPSA) is 293 Å². The van der Waals surface area contributed by atoms with Crippen LogP contribution in [0.3, 0.4) is 0 Å². The minimum Gasteiger partial charge on any atom is -0.381 e. The van der Waals surface area contributed by atoms with Gasteiger partial charge in [-0.2, -0.15) is 4.31 Å². The number of nitrogens with one attached hydrogen (secondary N) is 1. The SMILES string of the molecule is CC(=O)N1CCC(OC(C)C)C1.CC(=O)N1CCC(OC(C)C)CC1.CC(C)(C)OC1CCNCC1.CC(C)OC1CCCCO1.CC(C)OC1CCN(C(=O)N(C)C)C1.CC(C)OC1CCN(C(=O)N(C)C)CC1.CC(C)OC1CCN(S(C)(=O)=O)C1.CC(C)OC1CCOCC1.CN1CCC(OC(C)(C)C)C1.CN1CCC(OC(C)(C)C)CC1.COCC(=O)N1CCC(OC(C)(C)C)CC1. The fourth-order valence-corrected chi connectivity index (χ4v) is 17.9. The number of carbonyl (C=O) groups excluding carboxylic acids is 5. The van der Waals surface area contributed by atoms with Crippen molar-refractivity contribution < 1.29 is 98.7 Å². The van der Waals surface area contributed by atoms with Crippen LogP contribution in [0.15, 0.2) is 0 Å². The van der Waals surface area contributed by atoms with Crippen LogP contribution in [0, 0.1) is 0 Å². The summed E-state index contributed by atoms with van der Waals surface area (Å²) < 4.78 is 102. The summed E-state index contributed by atoms with van der Waals surface area (Å²) in [6.45, 7) is 75.8. The average Bonchev–Trinajstić information content (AvgIpc) is 1.54. The van der Waals surface area contributed by atoms with E-state index in [2.05, 4.69) is 154 Å². The molecule has 11 aliphatic heterocycles. The highest BCUT2D eigenvalue weighted by Gasteiger charge is 2.34. The molecule has 0 aromatic heterocycles. The molecule has 1 N–H and O–H groups in total. The van der Waals surface area contributed by atoms with Gasteiger partial charge < -0.3 is 116 Å². The second-order valence-electron chi connectivity index (χ2n) is 44.5. The third-order valence-electron chi connectivity index (χ3n) is 22.9. The van der Waals surface area contributed by atoms with Crippen molar-refractivity contribution in [2.45, 2.75) is 448 Å². The Morgan fingerprint density at radius 1 is 0.350 bits per heavy atom. The van der Waals surface area contributed by atoms with Crippen molar-refractivity contribution in [1.29, 1.82) is 0 Å². The number of hydrogen-bond acceptors (Lipinski definition) is 24. The lowest BCUT2D eigenvalue weighted by Gasteiger charge is -2.35. The highest BCUT2D eigenvalue weighted by atomic mass is 32.2. The van der Waals surface area contributed by atoms with E-state index in [4.69, 9.17) is 66.3 Å². The van der Waals surface area contributed by atoms with Gasteiger partial charge in [0.15, 0.2) is 6.29 Å². The molecule has 137 heavy (non-hydrogen) atoms. The first-order valence-electron chi connectivity index (χ1n) is 52.3. The van der Waals surface area contributed by atoms with Crippen molar-refractivity contribution in [3.05, 3.63) is 0 Å². The molecule has 32 nitrogen and oxygen atoms in total. The summed E-state index contributed by atoms with van der Waals surface area (Å²) in [5, 5.41) is 3.32. The molecule has 5 atom stereocenters. The van der Waals surface area contributed by atoms with Gasteiger partial charge in [0.05, 0.1) is 132 Å². The van der Waals surface area contributed by atoms with E-state index in [0.717, 1.165) is 195 Å². The lowest BCUT2D eigenvalue weighted by Crippen LogP contribution is -2.45. The van der Waals surface area contributed by atoms with E-state index in [1.165, 1.54) is 62.3 Å². The van der Waals surface area contributed by atoms with Crippen LogP contribution in [0.2, 0.25) is 0 Å². The molecule has 0 spiro atoms. The number of likely N-dealkylation sites (N-methyl/N-ethyl adjacent to an activating group) is 1. The summed E-state index contributed by atoms with van der Waals surface area (Å²) >= 11 is 0. The Kier molecular flexibility index (Phi) is 66.4. The monoisotopic (exact) mass is 1980 g/mol. The predicted molar refractivity (Wildman–Crippen MR) is 552 cm³/mol. The number of nitrogens with zero attached hydrogens (tertiary/aromatic N) is 10. The molecule has 812 valence electrons. The number of ether oxygens (including phenoxy) is 14. The third-order valence-corrected chi connectivity index (χ3v) is 24.2. The summed E-state index contributed by atoms with van der Waals surface area (Å²) in [5.74, 6) is 0.421. The number of piperidine rings is 5. The molecule has 0 aromatic rings. The molecule has 0 radical (unpaired) electrons. The van der Waals surface area contributed by atoms with E-state index in [1.54, 1.807) is 58.9 Å². The van der Waals surface area contributed by atoms with E-state index in [9.17, 15) is 32.4 Å². The average molecular weight is 1980 g/mol. The molecule has 0 saturated carbocycles. The highest BCUT2D eigenvalue weighted by Crippen LogP contribution is 2.27. The van der Waals surface area contributed by atoms with Gasteiger partial charge in [0.25, 0.3) is 0 Å². The van der Waals surface area contributed by atoms with Gasteiger partial charge in [-0.25, -0.2) is 18.0 Å². The van der Waals surface area contributed by atoms with E-state index in [0.29, 0.717) is 68.0 Å². The van der Waals surface area contributed by atoms with Crippen LogP contribution in [0.1, 0.15) is 316 Å². The summed E-state index contributed by atoms with van der Waals surface area (Å²) in [5.41, 5.74) is -0.0121. The maximum absolute atomic E-state index is 11.6. The molecule has 11 rings (SSSR count). The second-order valence-corrected chi connectivity index (χ2v) is 46.5. The van der Waals surface area contributed by atoms with Gasteiger partial charge in [0.2, 0.25) is 27.7 Å². The summed E-state index contributed by atoms with van der Waals surface area (Å²) in [6, 6.07) is 0.192. The molecular weight excluding hydrogens is 1770 g/mol. The molecule has 0 aliphatic carbocycles. The minimum absolute atomic E-state index is 0.0237. The van der Waals surface area contributed by atoms with Gasteiger partial charge in [0.1, 0.15) is 6.61 Å². The lowest BCUT2D eigenvalue weighted by molar-refractivity contribution is -0.180. The highest BCUT2D eigenvalue weighted by molar-refractivity contribution is 7.88. The Morgan fingerprint density at radius 3 is 1.01 bits per heavy atom. The number of carbonyl (C=O) groups is 5. The first-order chi connectivity index (χ1) is 63.6. The second kappa shape index (κ2) is 69.3. The fourth-order valence-electron chi connectivity index (χ4n) is 17.0. The van der Waals surface area contributed by atoms with Crippen LogP contribution < -0.4 is 5.32 Å². The van der Waals surface area contributed by atoms with Crippen molar-refractivity contribution >= 4 is 39.8 Å². The summed E-state index contributed by atoms with van der Waals surface area (Å²) in [4.78, 5) is 74.0. The maximum atomic E-state index is 11.6. The standard InChI is InChI=1S/C12H23NO3.C11H22N2O2.C10H20N2O2.C10H19NO2.C10H21NO.C9H17NO2.2C9H19NO.C8H17NO3S.2C8H16O2/c1-12(2,3)16-10-5-7-13(8-6-10)11(14)9-15-4;1-9(2)15-10-5-7-13(8-6-10)11(14)12(3)4;1-8(2)14-9-5-6-12(7-9)10(13)11(3)4;1-8(2)13-10-4-6-11(7-5-10)9(3)12;1-10(2,3)12-9-5-7-11(4)8-6-9;1-7(2)12-9-4-5-10(6-9)8(3)11;1-9(2,3)11-8-5-6-10(4)7-8;1-9(2,3)11-8-4-6-10-7-5-8;1-7(2)12-8-4-5-9(6-8)13(3,10)11;1-7(2)10-8-3-5-9-6-4-8;1-7(2)10-8-5-3-4-6-9-8/h10H,5-9H2,1-4H3;9-10H,5-8H2,1-4H3;8-9H,5-7H2,1-4H3;8,10H,4-7H2,1-3H3;9H,5-8H2,1-4H3;7,9H,4-6H2,1-3H3;8H,5-7H2,1-4H3;8,10H,4-7H2,1-3H3;7-8H,4-6H2,1-3H3;2*7-8H,3-6H2,1-2H3. The van der Waals surface area contributed by atoms with Crippen LogP contribution >= 0.6 is 0 Å². The van der Waals surface area contributed by atoms with E-state index in [1.807, 2.05) is 79.9 Å². The van der Waals surface area contributed by atoms with Gasteiger partial charge in [-0.15, -0.1) is 0 Å². The number of amides is 7. The predicted octanol–water partition coefficient (Wildman–Crippen LogP) is 15.5. The van der Waals surface area contributed by atoms with Crippen LogP contribution in [0.5, 0.6) is 0 Å². The molecule has 0 aromatic carbocycles. The zero-order valence-corrected chi connectivity index (χ0v) is 94.7. The lowest BCUT2D eigenvalue weighted by atomic mass is 10.1. The number of rotatable bonds is 21. The Balaban J connectivity index is 0.000000755. The molecule has 33 heteroatoms. The summed E-state index contributed by atoms with van der Waals surface area (Å²) in [6.07, 6.45) is 26.7. The Bertz CT molecular complexity index is 3170. The molecule has 0 bridgehead atoms. The first kappa shape index (κ1) is 131. The zero-order valence-electron chi connectivity index (χ0n) is 93.8. The minimum atomic E-state index is -3.02. The van der Waals surface area contributed by atoms with Crippen LogP contribution in [-0.2, 0) is 90.7 Å². The van der Waals surface area contributed by atoms with Gasteiger partial charge in [-0.05, 0) is 329 Å². The smallest absolute Gasteiger partial charge is 0.319 e. The number of hydrogen-bond donors (Lipinski definition) is 1. The van der Waals surface area contributed by atoms with Gasteiger partial charge in [-0.3, -0.25) is 14.4 Å². The van der Waals surface area contributed by atoms with E-state index in [-0.39, 0.29) is 114 Å². The fraction of sp³-hybridized carbons (Fsp3) is 0.952. The molecular formula is C104H209N11O21S. The van der Waals surface area contributed by atoms with Gasteiger partial charge in [-0.1, -0.05) is 0 Å². The quantitative estimate of drug-likeness (QED) is 0.112. The molecule has 11 heterocycles. The molecule has 11 saturated heterocycles. The van der Waals surface area contributed by atoms with Crippen molar-refractivity contribution in [3.8, 4) is 0 Å². The first-order valence-corrected chi connectivity index (χ1v) is 54.2. The van der Waals surface area contributed by atoms with Crippen LogP contribution in [0.25, 0.3) is 0 Å². The number of methoxy groups -OCH3 is 1. The largest absolute Gasteiger partial charge is 0.381 e. The van der Waals surface area contributed by atoms with Gasteiger partial charge >= 0.3 is 12.1 Å². The summed E-state index contributed by atoms with van der Waals surface area (Å²) in [7, 11) is 9.98. The van der Waals surface area contributed by atoms with Gasteiger partial charge in [0, 0.05) is 174 Å². The van der Waals surface area contributed by atoms with E-state index < -0.39 is 10.0 Å². The van der Waals surface area contributed by atoms with Crippen molar-refractivity contribution in [3.63, 3.8) is 0 Å². The van der Waals surface area contributed by atoms with E-state index >= 15 is 0 Å². The van der Waals surface area contributed by atoms with Crippen molar-refractivity contribution in [2.75, 3.05) is 200 Å². The maximum Gasteiger partial charge on any atom is 0.319 e. The molecule has 11 fully saturated rings. The van der Waals surface area contributed by atoms with Crippen molar-refractivity contribution in [2.24, 2.45) is 0 Å². The Hall–Kier alpha value is -3.82. The Labute approximate surface area is 836 Å². The zero-order chi connectivity index (χ0) is 104. The third kappa shape index (κ3) is 68.2. The number of sulfonamides is 1. The van der Waals surface area contributed by atoms with Crippen LogP contribution in [-0.4, -0.2) is 419 Å². The van der Waals surface area contributed by atoms with Crippen LogP contribution in [0.4, 0.5) is 9.59 Å². The molecule has 7 amide bonds. The molecule has 11 aliphatic rings. The number of likely N-dealkylation sites (tertiary alicyclic amines) is 7. The Morgan fingerprint density at radius 2 is 0.664 bits per heavy atom. The van der Waals surface area contributed by atoms with Crippen molar-refractivity contribution in [1.82, 2.24) is 53.7 Å². The molecule has 5 unspecified atom stereocenters.